The van der Waals surface area contributed by atoms with Crippen molar-refractivity contribution >= 4 is 35.2 Å². The molecule has 2 rings (SSSR count). The molecule has 0 saturated heterocycles. The fourth-order valence-electron chi connectivity index (χ4n) is 2.14. The molecule has 0 aromatic heterocycles. The normalized spacial score (nSPS) is 10.4. The van der Waals surface area contributed by atoms with Crippen molar-refractivity contribution in [3.63, 3.8) is 0 Å². The second-order valence-electron chi connectivity index (χ2n) is 5.44. The highest BCUT2D eigenvalue weighted by molar-refractivity contribution is 7.99. The van der Waals surface area contributed by atoms with Gasteiger partial charge in [0, 0.05) is 17.3 Å². The average molecular weight is 396 g/mol. The number of amides is 1. The van der Waals surface area contributed by atoms with Crippen molar-refractivity contribution in [2.45, 2.75) is 12.2 Å². The van der Waals surface area contributed by atoms with Crippen LogP contribution in [0, 0.1) is 5.82 Å². The molecule has 0 heterocycles. The van der Waals surface area contributed by atoms with Crippen molar-refractivity contribution < 1.29 is 18.7 Å². The Bertz CT molecular complexity index is 694. The zero-order valence-corrected chi connectivity index (χ0v) is 15.6. The average Bonchev–Trinajstić information content (AvgIpc) is 2.63. The van der Waals surface area contributed by atoms with E-state index in [9.17, 15) is 14.0 Å². The minimum atomic E-state index is -0.466. The summed E-state index contributed by atoms with van der Waals surface area (Å²) in [5, 5.41) is 3.25. The van der Waals surface area contributed by atoms with E-state index < -0.39 is 11.9 Å². The first kappa shape index (κ1) is 20.3. The number of halogens is 2. The minimum absolute atomic E-state index is 0.133. The number of ether oxygens (including phenoxy) is 1. The summed E-state index contributed by atoms with van der Waals surface area (Å²) < 4.78 is 18.4. The van der Waals surface area contributed by atoms with E-state index in [0.29, 0.717) is 22.8 Å². The predicted molar refractivity (Wildman–Crippen MR) is 102 cm³/mol. The Morgan fingerprint density at radius 2 is 1.77 bits per heavy atom. The summed E-state index contributed by atoms with van der Waals surface area (Å²) in [4.78, 5) is 23.3. The van der Waals surface area contributed by atoms with Crippen LogP contribution < -0.4 is 5.32 Å². The number of rotatable bonds is 9. The Hall–Kier alpha value is -2.05. The second kappa shape index (κ2) is 10.8. The summed E-state index contributed by atoms with van der Waals surface area (Å²) in [7, 11) is 0. The number of nitrogens with one attached hydrogen (secondary N) is 1. The highest BCUT2D eigenvalue weighted by Gasteiger charge is 2.09. The maximum absolute atomic E-state index is 13.4. The third kappa shape index (κ3) is 7.06. The van der Waals surface area contributed by atoms with E-state index in [-0.39, 0.29) is 24.7 Å². The molecule has 0 bridgehead atoms. The van der Waals surface area contributed by atoms with Crippen LogP contribution >= 0.6 is 23.4 Å². The lowest BCUT2D eigenvalue weighted by Crippen LogP contribution is -2.30. The molecule has 0 radical (unpaired) electrons. The van der Waals surface area contributed by atoms with Gasteiger partial charge < -0.3 is 10.1 Å². The lowest BCUT2D eigenvalue weighted by molar-refractivity contribution is -0.145. The molecule has 7 heteroatoms. The molecule has 4 nitrogen and oxygen atoms in total. The molecule has 1 N–H and O–H groups in total. The summed E-state index contributed by atoms with van der Waals surface area (Å²) in [5.41, 5.74) is 1.47. The van der Waals surface area contributed by atoms with Crippen LogP contribution in [0.5, 0.6) is 0 Å². The zero-order chi connectivity index (χ0) is 18.8. The number of carbonyl (C=O) groups excluding carboxylic acids is 2. The SMILES string of the molecule is O=C(COC(=O)CSCc1ccccc1Cl)NCCc1ccccc1F. The van der Waals surface area contributed by atoms with Crippen molar-refractivity contribution in [3.05, 3.63) is 70.5 Å². The molecule has 0 spiro atoms. The Kier molecular flexibility index (Phi) is 8.44. The number of benzene rings is 2. The van der Waals surface area contributed by atoms with Crippen LogP contribution in [0.1, 0.15) is 11.1 Å². The van der Waals surface area contributed by atoms with E-state index >= 15 is 0 Å². The first-order valence-electron chi connectivity index (χ1n) is 8.03. The van der Waals surface area contributed by atoms with Crippen LogP contribution in [0.2, 0.25) is 5.02 Å². The summed E-state index contributed by atoms with van der Waals surface area (Å²) in [5.74, 6) is -0.460. The van der Waals surface area contributed by atoms with Crippen molar-refractivity contribution in [1.29, 1.82) is 0 Å². The maximum Gasteiger partial charge on any atom is 0.316 e. The van der Waals surface area contributed by atoms with Crippen molar-refractivity contribution in [1.82, 2.24) is 5.32 Å². The predicted octanol–water partition coefficient (Wildman–Crippen LogP) is 3.61. The first-order chi connectivity index (χ1) is 12.6. The molecule has 0 saturated carbocycles. The van der Waals surface area contributed by atoms with E-state index in [1.54, 1.807) is 24.3 Å². The molecule has 1 amide bonds. The van der Waals surface area contributed by atoms with Gasteiger partial charge in [-0.15, -0.1) is 11.8 Å². The second-order valence-corrected chi connectivity index (χ2v) is 6.83. The Morgan fingerprint density at radius 1 is 1.08 bits per heavy atom. The smallest absolute Gasteiger partial charge is 0.316 e. The van der Waals surface area contributed by atoms with Crippen molar-refractivity contribution in [3.8, 4) is 0 Å². The number of hydrogen-bond donors (Lipinski definition) is 1. The quantitative estimate of drug-likeness (QED) is 0.659. The number of thioether (sulfide) groups is 1. The standard InChI is InChI=1S/C19H19ClFNO3S/c20-16-7-3-1-6-15(16)12-26-13-19(24)25-11-18(23)22-10-9-14-5-2-4-8-17(14)21/h1-8H,9-13H2,(H,22,23). The maximum atomic E-state index is 13.4. The third-order valence-corrected chi connectivity index (χ3v) is 4.80. The molecule has 2 aromatic carbocycles. The van der Waals surface area contributed by atoms with Gasteiger partial charge in [-0.2, -0.15) is 0 Å². The topological polar surface area (TPSA) is 55.4 Å². The molecule has 0 atom stereocenters. The highest BCUT2D eigenvalue weighted by atomic mass is 35.5. The highest BCUT2D eigenvalue weighted by Crippen LogP contribution is 2.20. The van der Waals surface area contributed by atoms with Gasteiger partial charge >= 0.3 is 5.97 Å². The van der Waals surface area contributed by atoms with Crippen LogP contribution in [0.3, 0.4) is 0 Å². The van der Waals surface area contributed by atoms with Gasteiger partial charge in [0.1, 0.15) is 5.82 Å². The summed E-state index contributed by atoms with van der Waals surface area (Å²) in [6.07, 6.45) is 0.375. The van der Waals surface area contributed by atoms with Gasteiger partial charge in [0.05, 0.1) is 5.75 Å². The number of hydrogen-bond acceptors (Lipinski definition) is 4. The molecular weight excluding hydrogens is 377 g/mol. The van der Waals surface area contributed by atoms with Gasteiger partial charge in [-0.25, -0.2) is 4.39 Å². The Labute approximate surface area is 161 Å². The summed E-state index contributed by atoms with van der Waals surface area (Å²) in [6.45, 7) is -0.0681. The zero-order valence-electron chi connectivity index (χ0n) is 14.0. The van der Waals surface area contributed by atoms with E-state index in [4.69, 9.17) is 16.3 Å². The minimum Gasteiger partial charge on any atom is -0.455 e. The number of esters is 1. The van der Waals surface area contributed by atoms with E-state index in [2.05, 4.69) is 5.32 Å². The fraction of sp³-hybridized carbons (Fsp3) is 0.263. The lowest BCUT2D eigenvalue weighted by atomic mass is 10.1. The third-order valence-electron chi connectivity index (χ3n) is 3.47. The van der Waals surface area contributed by atoms with Gasteiger partial charge in [0.25, 0.3) is 5.91 Å². The summed E-state index contributed by atoms with van der Waals surface area (Å²) >= 11 is 7.40. The molecule has 0 aliphatic heterocycles. The fourth-order valence-corrected chi connectivity index (χ4v) is 3.24. The largest absolute Gasteiger partial charge is 0.455 e. The van der Waals surface area contributed by atoms with E-state index in [0.717, 1.165) is 5.56 Å². The van der Waals surface area contributed by atoms with Crippen LogP contribution in [0.15, 0.2) is 48.5 Å². The lowest BCUT2D eigenvalue weighted by Gasteiger charge is -2.07. The van der Waals surface area contributed by atoms with Gasteiger partial charge in [-0.3, -0.25) is 9.59 Å². The monoisotopic (exact) mass is 395 g/mol. The van der Waals surface area contributed by atoms with E-state index in [1.807, 2.05) is 18.2 Å². The molecule has 0 fully saturated rings. The molecule has 2 aromatic rings. The van der Waals surface area contributed by atoms with Crippen LogP contribution in [0.25, 0.3) is 0 Å². The molecule has 0 unspecified atom stereocenters. The van der Waals surface area contributed by atoms with Crippen LogP contribution in [-0.4, -0.2) is 30.8 Å². The summed E-state index contributed by atoms with van der Waals surface area (Å²) in [6, 6.07) is 13.8. The van der Waals surface area contributed by atoms with E-state index in [1.165, 1.54) is 17.8 Å². The molecule has 26 heavy (non-hydrogen) atoms. The van der Waals surface area contributed by atoms with Gasteiger partial charge in [-0.05, 0) is 29.7 Å². The Morgan fingerprint density at radius 3 is 2.50 bits per heavy atom. The molecule has 138 valence electrons. The van der Waals surface area contributed by atoms with Gasteiger partial charge in [-0.1, -0.05) is 48.0 Å². The van der Waals surface area contributed by atoms with Crippen LogP contribution in [-0.2, 0) is 26.5 Å². The van der Waals surface area contributed by atoms with Gasteiger partial charge in [0.15, 0.2) is 6.61 Å². The van der Waals surface area contributed by atoms with Gasteiger partial charge in [0.2, 0.25) is 0 Å². The first-order valence-corrected chi connectivity index (χ1v) is 9.56. The molecule has 0 aliphatic carbocycles. The Balaban J connectivity index is 1.59. The molecular formula is C19H19ClFNO3S. The number of carbonyl (C=O) groups is 2. The van der Waals surface area contributed by atoms with Crippen molar-refractivity contribution in [2.75, 3.05) is 18.9 Å². The van der Waals surface area contributed by atoms with Crippen LogP contribution in [0.4, 0.5) is 4.39 Å². The molecule has 0 aliphatic rings. The van der Waals surface area contributed by atoms with Crippen molar-refractivity contribution in [2.24, 2.45) is 0 Å².